The van der Waals surface area contributed by atoms with E-state index in [0.29, 0.717) is 100 Å². The third-order valence-electron chi connectivity index (χ3n) is 14.3. The van der Waals surface area contributed by atoms with Gasteiger partial charge in [-0.2, -0.15) is 4.98 Å². The topological polar surface area (TPSA) is 208 Å². The van der Waals surface area contributed by atoms with E-state index in [-0.39, 0.29) is 35.2 Å². The average molecular weight is 944 g/mol. The molecule has 2 aromatic carbocycles. The molecule has 2 saturated carbocycles. The molecule has 4 fully saturated rings. The smallest absolute Gasteiger partial charge is 0.293 e. The Morgan fingerprint density at radius 2 is 1.79 bits per heavy atom. The number of hydrogen-bond donors (Lipinski definition) is 3. The lowest BCUT2D eigenvalue weighted by Crippen LogP contribution is -2.53. The molecule has 19 heteroatoms. The van der Waals surface area contributed by atoms with Crippen LogP contribution >= 0.6 is 0 Å². The standard InChI is InChI=1S/C47H61N7O10SSi/c1-46(57)13-9-31(10-14-46)28-48-37-8-6-35(25-40(37)54(58)59)65(60,61)50-44(56)36-7-5-33(51-18-15-47(16-19-51)26-34(55)27-47)24-39(36)53-38-12-20-62-29-42(38)64-45-41(53)23-32-11-17-52(43(32)49-45)30-63-21-22-66(2,3)4/h5-8,11,17,23-25,31,38,42,48,57H,9-10,12-16,18-22,26-30H2,1-4H3,(H,50,56)/t31?,38-,42-,46?/m0/s1. The summed E-state index contributed by atoms with van der Waals surface area (Å²) >= 11 is 0. The highest BCUT2D eigenvalue weighted by atomic mass is 32.2. The molecule has 9 rings (SSSR count). The molecule has 3 N–H and O–H groups in total. The van der Waals surface area contributed by atoms with Crippen molar-refractivity contribution in [3.63, 3.8) is 0 Å². The number of nitro groups is 1. The van der Waals surface area contributed by atoms with Crippen LogP contribution in [0.15, 0.2) is 59.6 Å². The molecule has 17 nitrogen and oxygen atoms in total. The lowest BCUT2D eigenvalue weighted by Gasteiger charge is -2.48. The van der Waals surface area contributed by atoms with E-state index >= 15 is 0 Å². The van der Waals surface area contributed by atoms with Gasteiger partial charge in [0.1, 0.15) is 35.6 Å². The highest BCUT2D eigenvalue weighted by Gasteiger charge is 2.46. The number of nitrogens with zero attached hydrogens (tertiary/aromatic N) is 5. The number of ketones is 1. The van der Waals surface area contributed by atoms with Crippen LogP contribution in [0.5, 0.6) is 5.88 Å². The number of aliphatic hydroxyl groups is 1. The van der Waals surface area contributed by atoms with Crippen molar-refractivity contribution in [3.8, 4) is 5.88 Å². The molecule has 1 amide bonds. The van der Waals surface area contributed by atoms with Gasteiger partial charge in [-0.1, -0.05) is 19.6 Å². The molecule has 4 aromatic rings. The van der Waals surface area contributed by atoms with E-state index in [1.807, 2.05) is 46.9 Å². The first-order chi connectivity index (χ1) is 31.4. The quantitative estimate of drug-likeness (QED) is 0.0489. The number of pyridine rings is 1. The number of Topliss-reactive ketones (excluding diaryl/α,β-unsaturated/α-hetero) is 1. The number of amides is 1. The number of hydrogen-bond acceptors (Lipinski definition) is 14. The van der Waals surface area contributed by atoms with Crippen molar-refractivity contribution in [2.75, 3.05) is 54.6 Å². The molecule has 2 saturated heterocycles. The molecule has 0 unspecified atom stereocenters. The molecule has 5 heterocycles. The Bertz CT molecular complexity index is 2620. The summed E-state index contributed by atoms with van der Waals surface area (Å²) in [4.78, 5) is 47.2. The van der Waals surface area contributed by atoms with Crippen LogP contribution in [0.1, 0.15) is 75.1 Å². The average Bonchev–Trinajstić information content (AvgIpc) is 3.66. The Labute approximate surface area is 386 Å². The molecule has 2 aromatic heterocycles. The van der Waals surface area contributed by atoms with E-state index in [1.165, 1.54) is 12.1 Å². The minimum atomic E-state index is -4.63. The first-order valence-electron chi connectivity index (χ1n) is 23.2. The molecular weight excluding hydrogens is 883 g/mol. The van der Waals surface area contributed by atoms with E-state index in [1.54, 1.807) is 6.07 Å². The number of sulfonamides is 1. The normalized spacial score (nSPS) is 24.0. The van der Waals surface area contributed by atoms with Gasteiger partial charge in [-0.05, 0) is 112 Å². The van der Waals surface area contributed by atoms with Crippen LogP contribution in [0.25, 0.3) is 11.0 Å². The maximum absolute atomic E-state index is 14.6. The number of rotatable bonds is 14. The highest BCUT2D eigenvalue weighted by Crippen LogP contribution is 2.49. The molecule has 66 heavy (non-hydrogen) atoms. The zero-order valence-corrected chi connectivity index (χ0v) is 40.0. The summed E-state index contributed by atoms with van der Waals surface area (Å²) in [6.07, 6.45) is 7.71. The van der Waals surface area contributed by atoms with Crippen LogP contribution in [0.4, 0.5) is 28.4 Å². The molecule has 0 radical (unpaired) electrons. The summed E-state index contributed by atoms with van der Waals surface area (Å²) in [6.45, 7) is 12.3. The fourth-order valence-corrected chi connectivity index (χ4v) is 11.9. The molecule has 354 valence electrons. The first-order valence-corrected chi connectivity index (χ1v) is 28.4. The number of nitro benzene ring substituents is 1. The maximum atomic E-state index is 14.6. The number of nitrogens with one attached hydrogen (secondary N) is 2. The number of carbonyl (C=O) groups is 2. The molecule has 3 aliphatic heterocycles. The Balaban J connectivity index is 1.04. The molecule has 5 aliphatic rings. The van der Waals surface area contributed by atoms with Gasteiger partial charge in [0.25, 0.3) is 21.6 Å². The summed E-state index contributed by atoms with van der Waals surface area (Å²) in [6, 6.07) is 13.6. The molecule has 0 bridgehead atoms. The van der Waals surface area contributed by atoms with Crippen molar-refractivity contribution in [2.45, 2.75) is 120 Å². The Kier molecular flexibility index (Phi) is 12.5. The minimum absolute atomic E-state index is 0.0394. The van der Waals surface area contributed by atoms with E-state index < -0.39 is 51.2 Å². The van der Waals surface area contributed by atoms with Gasteiger partial charge in [0.15, 0.2) is 0 Å². The summed E-state index contributed by atoms with van der Waals surface area (Å²) in [5.74, 6) is -0.0803. The lowest BCUT2D eigenvalue weighted by molar-refractivity contribution is -0.384. The van der Waals surface area contributed by atoms with Gasteiger partial charge in [-0.25, -0.2) is 13.1 Å². The van der Waals surface area contributed by atoms with Crippen LogP contribution in [0.3, 0.4) is 0 Å². The molecular formula is C47H61N7O10SSi. The van der Waals surface area contributed by atoms with Gasteiger partial charge in [0.2, 0.25) is 5.88 Å². The minimum Gasteiger partial charge on any atom is -0.468 e. The number of ether oxygens (including phenoxy) is 3. The zero-order chi connectivity index (χ0) is 46.6. The summed E-state index contributed by atoms with van der Waals surface area (Å²) in [7, 11) is -5.93. The molecule has 2 aliphatic carbocycles. The molecule has 2 atom stereocenters. The van der Waals surface area contributed by atoms with E-state index in [9.17, 15) is 33.2 Å². The number of benzene rings is 2. The zero-order valence-electron chi connectivity index (χ0n) is 38.2. The number of carbonyl (C=O) groups excluding carboxylic acids is 2. The highest BCUT2D eigenvalue weighted by molar-refractivity contribution is 7.90. The van der Waals surface area contributed by atoms with Crippen molar-refractivity contribution < 1.29 is 42.2 Å². The van der Waals surface area contributed by atoms with Crippen molar-refractivity contribution >= 4 is 69.3 Å². The van der Waals surface area contributed by atoms with Crippen LogP contribution in [0.2, 0.25) is 25.7 Å². The third-order valence-corrected chi connectivity index (χ3v) is 17.4. The maximum Gasteiger partial charge on any atom is 0.293 e. The van der Waals surface area contributed by atoms with Gasteiger partial charge < -0.3 is 39.0 Å². The van der Waals surface area contributed by atoms with Gasteiger partial charge >= 0.3 is 0 Å². The number of anilines is 4. The van der Waals surface area contributed by atoms with E-state index in [0.717, 1.165) is 48.9 Å². The van der Waals surface area contributed by atoms with Gasteiger partial charge in [0.05, 0.1) is 39.3 Å². The molecule has 1 spiro atoms. The SMILES string of the molecule is CC1(O)CCC(CNc2ccc(S(=O)(=O)NC(=O)c3ccc(N4CCC5(CC4)CC(=O)C5)cc3N3c4cc5ccn(COCC[Si](C)(C)C)c5nc4O[C@H]4COCC[C@@H]43)cc2[N+](=O)[O-])CC1. The second-order valence-corrected chi connectivity index (χ2v) is 27.9. The Hall–Kier alpha value is -5.08. The third kappa shape index (κ3) is 9.68. The summed E-state index contributed by atoms with van der Waals surface area (Å²) in [5.41, 5.74) is 1.70. The van der Waals surface area contributed by atoms with E-state index in [2.05, 4.69) is 34.6 Å². The van der Waals surface area contributed by atoms with Crippen LogP contribution in [0, 0.1) is 21.4 Å². The Morgan fingerprint density at radius 1 is 1.03 bits per heavy atom. The van der Waals surface area contributed by atoms with Gasteiger partial charge in [-0.15, -0.1) is 0 Å². The Morgan fingerprint density at radius 3 is 2.50 bits per heavy atom. The van der Waals surface area contributed by atoms with Crippen molar-refractivity contribution in [1.82, 2.24) is 14.3 Å². The number of aromatic nitrogens is 2. The fourth-order valence-electron chi connectivity index (χ4n) is 10.2. The summed E-state index contributed by atoms with van der Waals surface area (Å²) in [5, 5.41) is 26.6. The fraction of sp³-hybridized carbons (Fsp3) is 0.553. The first kappa shape index (κ1) is 46.0. The van der Waals surface area contributed by atoms with Crippen LogP contribution in [-0.4, -0.2) is 105 Å². The van der Waals surface area contributed by atoms with Crippen molar-refractivity contribution in [1.29, 1.82) is 0 Å². The summed E-state index contributed by atoms with van der Waals surface area (Å²) < 4.78 is 51.0. The monoisotopic (exact) mass is 943 g/mol. The second kappa shape index (κ2) is 17.9. The second-order valence-electron chi connectivity index (χ2n) is 20.6. The van der Waals surface area contributed by atoms with Crippen LogP contribution in [-0.2, 0) is 31.0 Å². The van der Waals surface area contributed by atoms with E-state index in [4.69, 9.17) is 19.2 Å². The number of fused-ring (bicyclic) bond motifs is 3. The van der Waals surface area contributed by atoms with Crippen molar-refractivity contribution in [2.24, 2.45) is 11.3 Å². The predicted molar refractivity (Wildman–Crippen MR) is 253 cm³/mol. The predicted octanol–water partition coefficient (Wildman–Crippen LogP) is 7.37. The van der Waals surface area contributed by atoms with Crippen LogP contribution < -0.4 is 24.6 Å². The van der Waals surface area contributed by atoms with Gasteiger partial charge in [-0.3, -0.25) is 19.7 Å². The largest absolute Gasteiger partial charge is 0.468 e. The van der Waals surface area contributed by atoms with Gasteiger partial charge in [0, 0.05) is 77.1 Å². The lowest BCUT2D eigenvalue weighted by atomic mass is 9.62. The van der Waals surface area contributed by atoms with Crippen molar-refractivity contribution in [3.05, 3.63) is 70.4 Å². The number of piperidine rings is 1.